The van der Waals surface area contributed by atoms with Crippen LogP contribution in [-0.2, 0) is 9.22 Å². The quantitative estimate of drug-likeness (QED) is 0.359. The fraction of sp³-hybridized carbons (Fsp3) is 0.400. The number of benzene rings is 2. The number of hydrogen-bond acceptors (Lipinski definition) is 5. The average molecular weight is 501 g/mol. The number of carbonyl (C=O) groups is 2. The second-order valence-electron chi connectivity index (χ2n) is 9.73. The molecule has 0 saturated carbocycles. The van der Waals surface area contributed by atoms with Crippen molar-refractivity contribution in [1.29, 1.82) is 5.26 Å². The molecule has 3 N–H and O–H groups in total. The lowest BCUT2D eigenvalue weighted by molar-refractivity contribution is -0.124. The molecule has 0 aliphatic heterocycles. The van der Waals surface area contributed by atoms with E-state index in [1.54, 1.807) is 49.4 Å². The Balaban J connectivity index is 2.29. The lowest BCUT2D eigenvalue weighted by Gasteiger charge is -2.40. The number of nitriles is 1. The maximum Gasteiger partial charge on any atom is 0.269 e. The molecule has 0 radical (unpaired) electrons. The van der Waals surface area contributed by atoms with Gasteiger partial charge in [0.15, 0.2) is 8.32 Å². The Hall–Kier alpha value is -2.86. The van der Waals surface area contributed by atoms with Crippen LogP contribution in [0.3, 0.4) is 0 Å². The van der Waals surface area contributed by atoms with Gasteiger partial charge in [-0.2, -0.15) is 5.26 Å². The third-order valence-corrected chi connectivity index (χ3v) is 11.3. The first-order valence-electron chi connectivity index (χ1n) is 11.1. The molecule has 0 aromatic heterocycles. The predicted molar refractivity (Wildman–Crippen MR) is 138 cm³/mol. The monoisotopic (exact) mass is 500 g/mol. The number of anilines is 1. The molecule has 0 spiro atoms. The summed E-state index contributed by atoms with van der Waals surface area (Å²) >= 11 is 6.33. The molecule has 182 valence electrons. The summed E-state index contributed by atoms with van der Waals surface area (Å²) in [5.41, 5.74) is 7.00. The van der Waals surface area contributed by atoms with Crippen molar-refractivity contribution in [3.05, 3.63) is 64.2 Å². The molecule has 2 atom stereocenters. The van der Waals surface area contributed by atoms with Crippen molar-refractivity contribution in [3.8, 4) is 6.07 Å². The molecule has 2 aromatic rings. The zero-order chi connectivity index (χ0) is 25.7. The molecule has 0 bridgehead atoms. The number of hydrazine groups is 1. The summed E-state index contributed by atoms with van der Waals surface area (Å²) in [6, 6.07) is 13.1. The van der Waals surface area contributed by atoms with Gasteiger partial charge < -0.3 is 9.74 Å². The summed E-state index contributed by atoms with van der Waals surface area (Å²) in [7, 11) is -2.21. The van der Waals surface area contributed by atoms with Crippen molar-refractivity contribution in [2.75, 3.05) is 5.32 Å². The fourth-order valence-corrected chi connectivity index (χ4v) is 4.68. The Morgan fingerprint density at radius 3 is 2.26 bits per heavy atom. The molecule has 34 heavy (non-hydrogen) atoms. The van der Waals surface area contributed by atoms with E-state index in [-0.39, 0.29) is 5.04 Å². The summed E-state index contributed by atoms with van der Waals surface area (Å²) in [6.07, 6.45) is -0.525. The van der Waals surface area contributed by atoms with Gasteiger partial charge in [0, 0.05) is 11.3 Å². The zero-order valence-electron chi connectivity index (χ0n) is 20.7. The first-order chi connectivity index (χ1) is 15.8. The van der Waals surface area contributed by atoms with E-state index in [2.05, 4.69) is 56.1 Å². The van der Waals surface area contributed by atoms with Gasteiger partial charge in [0.1, 0.15) is 12.1 Å². The molecule has 2 rings (SSSR count). The largest absolute Gasteiger partial charge is 0.412 e. The van der Waals surface area contributed by atoms with Crippen LogP contribution in [0.4, 0.5) is 5.69 Å². The highest BCUT2D eigenvalue weighted by Gasteiger charge is 2.41. The summed E-state index contributed by atoms with van der Waals surface area (Å²) in [6.45, 7) is 14.2. The number of amides is 2. The highest BCUT2D eigenvalue weighted by Crippen LogP contribution is 2.38. The summed E-state index contributed by atoms with van der Waals surface area (Å²) in [4.78, 5) is 25.7. The molecule has 0 aliphatic carbocycles. The number of carbonyl (C=O) groups excluding carboxylic acids is 2. The standard InChI is InChI=1S/C25H33ClN4O3Si/c1-16-20(14-13-19(15-27)21(16)26)28-22(17(2)33-34(6,7)25(3,4)5)24(32)30-29-23(31)18-11-9-8-10-12-18/h8-14,17,22,28H,1-7H3,(H,29,31)(H,30,32). The van der Waals surface area contributed by atoms with Crippen molar-refractivity contribution >= 4 is 37.4 Å². The Morgan fingerprint density at radius 2 is 1.71 bits per heavy atom. The van der Waals surface area contributed by atoms with Crippen molar-refractivity contribution in [3.63, 3.8) is 0 Å². The van der Waals surface area contributed by atoms with E-state index in [0.29, 0.717) is 27.4 Å². The fourth-order valence-electron chi connectivity index (χ4n) is 3.06. The number of halogens is 1. The van der Waals surface area contributed by atoms with Gasteiger partial charge in [-0.25, -0.2) is 0 Å². The van der Waals surface area contributed by atoms with Gasteiger partial charge in [0.2, 0.25) is 0 Å². The van der Waals surface area contributed by atoms with E-state index in [9.17, 15) is 14.9 Å². The molecule has 2 amide bonds. The minimum atomic E-state index is -2.21. The third kappa shape index (κ3) is 6.60. The molecule has 0 saturated heterocycles. The van der Waals surface area contributed by atoms with Crippen LogP contribution >= 0.6 is 11.6 Å². The first-order valence-corrected chi connectivity index (χ1v) is 14.4. The zero-order valence-corrected chi connectivity index (χ0v) is 22.5. The first kappa shape index (κ1) is 27.4. The second kappa shape index (κ2) is 11.0. The van der Waals surface area contributed by atoms with E-state index >= 15 is 0 Å². The third-order valence-electron chi connectivity index (χ3n) is 6.19. The highest BCUT2D eigenvalue weighted by atomic mass is 35.5. The Bertz CT molecular complexity index is 1080. The SMILES string of the molecule is Cc1c(NC(C(=O)NNC(=O)c2ccccc2)C(C)O[Si](C)(C)C(C)(C)C)ccc(C#N)c1Cl. The average Bonchev–Trinajstić information content (AvgIpc) is 2.77. The number of rotatable bonds is 7. The van der Waals surface area contributed by atoms with Crippen LogP contribution in [0.15, 0.2) is 42.5 Å². The minimum absolute atomic E-state index is 0.0581. The minimum Gasteiger partial charge on any atom is -0.412 e. The number of nitrogens with one attached hydrogen (secondary N) is 3. The van der Waals surface area contributed by atoms with E-state index in [1.807, 2.05) is 6.92 Å². The highest BCUT2D eigenvalue weighted by molar-refractivity contribution is 6.74. The van der Waals surface area contributed by atoms with Crippen LogP contribution in [0.2, 0.25) is 23.2 Å². The smallest absolute Gasteiger partial charge is 0.269 e. The molecule has 0 aliphatic rings. The Labute approximate surface area is 207 Å². The molecule has 2 unspecified atom stereocenters. The van der Waals surface area contributed by atoms with Gasteiger partial charge in [0.05, 0.1) is 16.7 Å². The number of hydrogen-bond donors (Lipinski definition) is 3. The summed E-state index contributed by atoms with van der Waals surface area (Å²) in [5, 5.41) is 12.7. The predicted octanol–water partition coefficient (Wildman–Crippen LogP) is 5.17. The lowest BCUT2D eigenvalue weighted by Crippen LogP contribution is -2.55. The molecule has 9 heteroatoms. The van der Waals surface area contributed by atoms with Crippen LogP contribution < -0.4 is 16.2 Å². The number of nitrogens with zero attached hydrogens (tertiary/aromatic N) is 1. The van der Waals surface area contributed by atoms with E-state index < -0.39 is 32.3 Å². The normalized spacial score (nSPS) is 13.4. The summed E-state index contributed by atoms with van der Waals surface area (Å²) < 4.78 is 6.48. The maximum absolute atomic E-state index is 13.2. The van der Waals surface area contributed by atoms with Crippen LogP contribution in [-0.4, -0.2) is 32.3 Å². The van der Waals surface area contributed by atoms with E-state index in [1.165, 1.54) is 0 Å². The van der Waals surface area contributed by atoms with Gasteiger partial charge >= 0.3 is 0 Å². The maximum atomic E-state index is 13.2. The Kier molecular flexibility index (Phi) is 8.89. The van der Waals surface area contributed by atoms with Crippen molar-refractivity contribution in [2.24, 2.45) is 0 Å². The van der Waals surface area contributed by atoms with Gasteiger partial charge in [-0.15, -0.1) is 0 Å². The van der Waals surface area contributed by atoms with Crippen molar-refractivity contribution < 1.29 is 14.0 Å². The van der Waals surface area contributed by atoms with Gasteiger partial charge in [0.25, 0.3) is 11.8 Å². The molecule has 0 heterocycles. The van der Waals surface area contributed by atoms with Crippen LogP contribution in [0.5, 0.6) is 0 Å². The second-order valence-corrected chi connectivity index (χ2v) is 14.9. The molecular formula is C25H33ClN4O3Si. The van der Waals surface area contributed by atoms with Crippen LogP contribution in [0.1, 0.15) is 49.2 Å². The van der Waals surface area contributed by atoms with Gasteiger partial charge in [-0.1, -0.05) is 50.6 Å². The summed E-state index contributed by atoms with van der Waals surface area (Å²) in [5.74, 6) is -0.890. The lowest BCUT2D eigenvalue weighted by atomic mass is 10.1. The molecule has 7 nitrogen and oxygen atoms in total. The van der Waals surface area contributed by atoms with Gasteiger partial charge in [-0.3, -0.25) is 20.4 Å². The van der Waals surface area contributed by atoms with Gasteiger partial charge in [-0.05, 0) is 61.8 Å². The van der Waals surface area contributed by atoms with Crippen molar-refractivity contribution in [2.45, 2.75) is 64.9 Å². The topological polar surface area (TPSA) is 103 Å². The van der Waals surface area contributed by atoms with Crippen molar-refractivity contribution in [1.82, 2.24) is 10.9 Å². The van der Waals surface area contributed by atoms with E-state index in [0.717, 1.165) is 0 Å². The van der Waals surface area contributed by atoms with Crippen LogP contribution in [0, 0.1) is 18.3 Å². The molecule has 0 fully saturated rings. The van der Waals surface area contributed by atoms with Crippen LogP contribution in [0.25, 0.3) is 0 Å². The Morgan fingerprint density at radius 1 is 1.09 bits per heavy atom. The molecular weight excluding hydrogens is 468 g/mol. The van der Waals surface area contributed by atoms with E-state index in [4.69, 9.17) is 16.0 Å². The molecule has 2 aromatic carbocycles.